The molecule has 0 saturated carbocycles. The molecule has 0 heterocycles. The first-order valence-electron chi connectivity index (χ1n) is 2.34. The Kier molecular flexibility index (Phi) is 4.49. The summed E-state index contributed by atoms with van der Waals surface area (Å²) in [6.07, 6.45) is 1.29. The Morgan fingerprint density at radius 1 is 1.80 bits per heavy atom. The van der Waals surface area contributed by atoms with Crippen LogP contribution in [0.1, 0.15) is 0 Å². The molecule has 0 rings (SSSR count). The molecule has 0 fully saturated rings. The van der Waals surface area contributed by atoms with Gasteiger partial charge in [-0.1, -0.05) is 5.16 Å². The number of nitrogens with zero attached hydrogens (tertiary/aromatic N) is 1. The fraction of sp³-hybridized carbons (Fsp3) is 0.400. The van der Waals surface area contributed by atoms with Crippen LogP contribution in [0.15, 0.2) is 5.16 Å². The number of ketones is 1. The van der Waals surface area contributed by atoms with Gasteiger partial charge >= 0.3 is 0 Å². The first kappa shape index (κ1) is 9.10. The van der Waals surface area contributed by atoms with Crippen LogP contribution in [0.5, 0.6) is 0 Å². The van der Waals surface area contributed by atoms with Crippen molar-refractivity contribution in [3.05, 3.63) is 0 Å². The average Bonchev–Trinajstić information content (AvgIpc) is 1.99. The number of hydrogen-bond donors (Lipinski definition) is 0. The zero-order valence-corrected chi connectivity index (χ0v) is 6.01. The van der Waals surface area contributed by atoms with Gasteiger partial charge in [0.05, 0.1) is 5.88 Å². The number of Topliss-reactive ketones (excluding diaryl/α,β-unsaturated/α-hetero) is 1. The van der Waals surface area contributed by atoms with Gasteiger partial charge in [-0.25, -0.2) is 0 Å². The first-order chi connectivity index (χ1) is 4.76. The van der Waals surface area contributed by atoms with Gasteiger partial charge in [-0.3, -0.25) is 9.59 Å². The molecule has 0 spiro atoms. The number of carbonyl (C=O) groups is 1. The van der Waals surface area contributed by atoms with Crippen molar-refractivity contribution in [1.29, 1.82) is 0 Å². The van der Waals surface area contributed by atoms with Gasteiger partial charge in [-0.2, -0.15) is 0 Å². The fourth-order valence-electron chi connectivity index (χ4n) is 0.281. The molecule has 4 nitrogen and oxygen atoms in total. The van der Waals surface area contributed by atoms with E-state index in [2.05, 4.69) is 9.99 Å². The Balaban J connectivity index is 4.20. The van der Waals surface area contributed by atoms with Crippen LogP contribution in [0, 0.1) is 0 Å². The summed E-state index contributed by atoms with van der Waals surface area (Å²) in [5.74, 6) is -0.893. The van der Waals surface area contributed by atoms with Crippen LogP contribution >= 0.6 is 11.6 Å². The van der Waals surface area contributed by atoms with E-state index >= 15 is 0 Å². The number of rotatable bonds is 4. The van der Waals surface area contributed by atoms with Crippen LogP contribution < -0.4 is 0 Å². The van der Waals surface area contributed by atoms with E-state index in [0.29, 0.717) is 0 Å². The lowest BCUT2D eigenvalue weighted by Gasteiger charge is -1.89. The highest BCUT2D eigenvalue weighted by Crippen LogP contribution is 1.83. The normalized spacial score (nSPS) is 10.8. The molecule has 0 aliphatic carbocycles. The highest BCUT2D eigenvalue weighted by Gasteiger charge is 2.09. The molecule has 0 aromatic rings. The number of hydrogen-bond acceptors (Lipinski definition) is 4. The van der Waals surface area contributed by atoms with Crippen LogP contribution in [0.4, 0.5) is 0 Å². The highest BCUT2D eigenvalue weighted by atomic mass is 35.5. The lowest BCUT2D eigenvalue weighted by atomic mass is 10.3. The Morgan fingerprint density at radius 3 is 2.70 bits per heavy atom. The topological polar surface area (TPSA) is 55.7 Å². The molecule has 0 aliphatic heterocycles. The zero-order chi connectivity index (χ0) is 7.98. The van der Waals surface area contributed by atoms with Crippen molar-refractivity contribution in [3.8, 4) is 0 Å². The highest BCUT2D eigenvalue weighted by molar-refractivity contribution is 6.64. The predicted molar refractivity (Wildman–Crippen MR) is 35.9 cm³/mol. The van der Waals surface area contributed by atoms with Crippen molar-refractivity contribution in [2.75, 3.05) is 13.0 Å². The molecular formula is C5H5ClNO3. The third kappa shape index (κ3) is 2.59. The lowest BCUT2D eigenvalue weighted by molar-refractivity contribution is -0.110. The number of oxime groups is 1. The molecule has 0 aromatic heterocycles. The van der Waals surface area contributed by atoms with Crippen molar-refractivity contribution in [1.82, 2.24) is 0 Å². The van der Waals surface area contributed by atoms with Crippen LogP contribution in [0.25, 0.3) is 0 Å². The van der Waals surface area contributed by atoms with E-state index in [-0.39, 0.29) is 5.88 Å². The molecule has 55 valence electrons. The fourth-order valence-corrected chi connectivity index (χ4v) is 0.408. The summed E-state index contributed by atoms with van der Waals surface area (Å²) >= 11 is 5.10. The van der Waals surface area contributed by atoms with Crippen LogP contribution in [-0.4, -0.2) is 30.8 Å². The van der Waals surface area contributed by atoms with E-state index in [0.717, 1.165) is 0 Å². The quantitative estimate of drug-likeness (QED) is 0.251. The third-order valence-corrected chi connectivity index (χ3v) is 0.907. The standard InChI is InChI=1S/C5H5ClNO3/c1-10-7-4(3-8)5(9)2-6/h2H2,1H3. The summed E-state index contributed by atoms with van der Waals surface area (Å²) in [5, 5.41) is 3.07. The van der Waals surface area contributed by atoms with Crippen LogP contribution in [0.2, 0.25) is 0 Å². The van der Waals surface area contributed by atoms with Gasteiger partial charge in [0.15, 0.2) is 5.71 Å². The minimum Gasteiger partial charge on any atom is -0.398 e. The maximum Gasteiger partial charge on any atom is 0.260 e. The Labute approximate surface area is 62.8 Å². The van der Waals surface area contributed by atoms with E-state index in [1.165, 1.54) is 13.4 Å². The molecule has 0 bridgehead atoms. The van der Waals surface area contributed by atoms with Gasteiger partial charge in [0, 0.05) is 0 Å². The molecule has 0 aromatic carbocycles. The summed E-state index contributed by atoms with van der Waals surface area (Å²) < 4.78 is 0. The minimum atomic E-state index is -0.599. The Bertz CT molecular complexity index is 166. The monoisotopic (exact) mass is 162 g/mol. The number of halogens is 1. The second-order valence-electron chi connectivity index (χ2n) is 1.28. The maximum atomic E-state index is 10.5. The molecule has 0 atom stereocenters. The van der Waals surface area contributed by atoms with Gasteiger partial charge in [0.25, 0.3) is 6.29 Å². The van der Waals surface area contributed by atoms with Gasteiger partial charge in [0.1, 0.15) is 7.11 Å². The summed E-state index contributed by atoms with van der Waals surface area (Å²) in [4.78, 5) is 24.6. The molecule has 10 heavy (non-hydrogen) atoms. The van der Waals surface area contributed by atoms with E-state index in [4.69, 9.17) is 11.6 Å². The number of carbonyl (C=O) groups excluding carboxylic acids is 2. The van der Waals surface area contributed by atoms with E-state index in [9.17, 15) is 9.59 Å². The summed E-state index contributed by atoms with van der Waals surface area (Å²) in [6.45, 7) is 0. The van der Waals surface area contributed by atoms with Crippen molar-refractivity contribution >= 4 is 29.4 Å². The van der Waals surface area contributed by atoms with Crippen molar-refractivity contribution in [2.45, 2.75) is 0 Å². The maximum absolute atomic E-state index is 10.5. The van der Waals surface area contributed by atoms with Gasteiger partial charge in [-0.15, -0.1) is 11.6 Å². The zero-order valence-electron chi connectivity index (χ0n) is 5.26. The molecule has 0 N–H and O–H groups in total. The van der Waals surface area contributed by atoms with Crippen molar-refractivity contribution in [2.24, 2.45) is 5.16 Å². The summed E-state index contributed by atoms with van der Waals surface area (Å²) in [5.41, 5.74) is -0.419. The molecule has 0 saturated heterocycles. The van der Waals surface area contributed by atoms with Crippen LogP contribution in [-0.2, 0) is 14.4 Å². The predicted octanol–water partition coefficient (Wildman–Crippen LogP) is -0.0936. The van der Waals surface area contributed by atoms with Crippen molar-refractivity contribution < 1.29 is 14.4 Å². The smallest absolute Gasteiger partial charge is 0.260 e. The lowest BCUT2D eigenvalue weighted by Crippen LogP contribution is -2.16. The van der Waals surface area contributed by atoms with Gasteiger partial charge < -0.3 is 4.84 Å². The average molecular weight is 163 g/mol. The van der Waals surface area contributed by atoms with E-state index in [1.807, 2.05) is 0 Å². The summed E-state index contributed by atoms with van der Waals surface area (Å²) in [6, 6.07) is 0. The van der Waals surface area contributed by atoms with Gasteiger partial charge in [0.2, 0.25) is 5.78 Å². The third-order valence-electron chi connectivity index (χ3n) is 0.665. The SMILES string of the molecule is CON=C([C]=O)C(=O)CCl. The first-order valence-corrected chi connectivity index (χ1v) is 2.88. The minimum absolute atomic E-state index is 0.294. The number of alkyl halides is 1. The Morgan fingerprint density at radius 2 is 2.40 bits per heavy atom. The van der Waals surface area contributed by atoms with Crippen molar-refractivity contribution in [3.63, 3.8) is 0 Å². The summed E-state index contributed by atoms with van der Waals surface area (Å²) in [7, 11) is 1.22. The molecule has 0 amide bonds. The molecule has 5 heteroatoms. The second kappa shape index (κ2) is 4.93. The Hall–Kier alpha value is -0.900. The molecule has 0 aliphatic rings. The molecule has 1 radical (unpaired) electrons. The van der Waals surface area contributed by atoms with Crippen LogP contribution in [0.3, 0.4) is 0 Å². The van der Waals surface area contributed by atoms with Gasteiger partial charge in [-0.05, 0) is 0 Å². The largest absolute Gasteiger partial charge is 0.398 e. The molecular weight excluding hydrogens is 158 g/mol. The molecule has 0 unspecified atom stereocenters. The second-order valence-corrected chi connectivity index (χ2v) is 1.55. The van der Waals surface area contributed by atoms with E-state index in [1.54, 1.807) is 0 Å². The van der Waals surface area contributed by atoms with E-state index < -0.39 is 11.5 Å².